The van der Waals surface area contributed by atoms with Crippen LogP contribution in [0.5, 0.6) is 0 Å². The van der Waals surface area contributed by atoms with E-state index in [0.29, 0.717) is 19.3 Å². The lowest BCUT2D eigenvalue weighted by Crippen LogP contribution is -2.30. The van der Waals surface area contributed by atoms with E-state index in [2.05, 4.69) is 27.7 Å². The molecule has 0 aliphatic carbocycles. The first kappa shape index (κ1) is 62.4. The van der Waals surface area contributed by atoms with E-state index >= 15 is 0 Å². The van der Waals surface area contributed by atoms with E-state index in [-0.39, 0.29) is 31.1 Å². The van der Waals surface area contributed by atoms with Crippen molar-refractivity contribution in [1.29, 1.82) is 0 Å². The highest BCUT2D eigenvalue weighted by Crippen LogP contribution is 2.18. The third-order valence-corrected chi connectivity index (χ3v) is 13.3. The van der Waals surface area contributed by atoms with Crippen LogP contribution < -0.4 is 0 Å². The normalized spacial score (nSPS) is 12.0. The van der Waals surface area contributed by atoms with Crippen molar-refractivity contribution in [3.8, 4) is 0 Å². The van der Waals surface area contributed by atoms with Crippen LogP contribution in [0.15, 0.2) is 0 Å². The number of rotatable bonds is 53. The average Bonchev–Trinajstić information content (AvgIpc) is 3.28. The quantitative estimate of drug-likeness (QED) is 0.0344. The first-order chi connectivity index (χ1) is 31.4. The lowest BCUT2D eigenvalue weighted by atomic mass is 10.0. The Balaban J connectivity index is 4.29. The molecule has 6 heteroatoms. The average molecular weight is 906 g/mol. The van der Waals surface area contributed by atoms with Gasteiger partial charge in [0.1, 0.15) is 13.2 Å². The zero-order chi connectivity index (χ0) is 46.7. The minimum Gasteiger partial charge on any atom is -0.462 e. The predicted molar refractivity (Wildman–Crippen MR) is 275 cm³/mol. The summed E-state index contributed by atoms with van der Waals surface area (Å²) in [7, 11) is 0. The Morgan fingerprint density at radius 2 is 0.516 bits per heavy atom. The molecule has 0 amide bonds. The first-order valence-electron chi connectivity index (χ1n) is 28.9. The second-order valence-electron chi connectivity index (χ2n) is 20.4. The van der Waals surface area contributed by atoms with E-state index < -0.39 is 6.10 Å². The van der Waals surface area contributed by atoms with Gasteiger partial charge in [-0.1, -0.05) is 291 Å². The molecule has 0 saturated heterocycles. The van der Waals surface area contributed by atoms with Gasteiger partial charge in [-0.3, -0.25) is 14.4 Å². The Bertz CT molecular complexity index is 964. The maximum atomic E-state index is 12.8. The Hall–Kier alpha value is -1.59. The smallest absolute Gasteiger partial charge is 0.306 e. The van der Waals surface area contributed by atoms with Crippen molar-refractivity contribution < 1.29 is 28.6 Å². The van der Waals surface area contributed by atoms with Crippen LogP contribution in [-0.4, -0.2) is 37.2 Å². The Morgan fingerprint density at radius 1 is 0.297 bits per heavy atom. The van der Waals surface area contributed by atoms with E-state index in [9.17, 15) is 14.4 Å². The molecule has 0 aliphatic rings. The molecule has 0 aromatic rings. The summed E-state index contributed by atoms with van der Waals surface area (Å²) in [5, 5.41) is 0. The third kappa shape index (κ3) is 51.4. The Labute approximate surface area is 399 Å². The maximum absolute atomic E-state index is 12.8. The van der Waals surface area contributed by atoms with Crippen LogP contribution in [0.3, 0.4) is 0 Å². The largest absolute Gasteiger partial charge is 0.462 e. The minimum atomic E-state index is -0.761. The van der Waals surface area contributed by atoms with Crippen LogP contribution in [0.25, 0.3) is 0 Å². The highest BCUT2D eigenvalue weighted by Gasteiger charge is 2.19. The summed E-state index contributed by atoms with van der Waals surface area (Å²) >= 11 is 0. The summed E-state index contributed by atoms with van der Waals surface area (Å²) in [6, 6.07) is 0. The van der Waals surface area contributed by atoms with Crippen molar-refractivity contribution in [3.05, 3.63) is 0 Å². The van der Waals surface area contributed by atoms with Crippen molar-refractivity contribution in [2.75, 3.05) is 13.2 Å². The molecule has 0 aromatic carbocycles. The number of hydrogen-bond donors (Lipinski definition) is 0. The summed E-state index contributed by atoms with van der Waals surface area (Å²) in [5.74, 6) is -0.00188. The number of unbranched alkanes of at least 4 members (excludes halogenated alkanes) is 40. The molecular weight excluding hydrogens is 793 g/mol. The fourth-order valence-corrected chi connectivity index (χ4v) is 8.92. The molecule has 0 radical (unpaired) electrons. The van der Waals surface area contributed by atoms with Crippen molar-refractivity contribution >= 4 is 17.9 Å². The molecule has 0 heterocycles. The molecule has 0 bridgehead atoms. The number of carbonyl (C=O) groups excluding carboxylic acids is 3. The summed E-state index contributed by atoms with van der Waals surface area (Å²) in [6.07, 6.45) is 56.6. The highest BCUT2D eigenvalue weighted by atomic mass is 16.6. The number of ether oxygens (including phenoxy) is 3. The fraction of sp³-hybridized carbons (Fsp3) is 0.948. The molecule has 0 unspecified atom stereocenters. The fourth-order valence-electron chi connectivity index (χ4n) is 8.92. The van der Waals surface area contributed by atoms with Gasteiger partial charge in [0.25, 0.3) is 0 Å². The van der Waals surface area contributed by atoms with Crippen LogP contribution in [0, 0.1) is 5.92 Å². The molecule has 0 spiro atoms. The molecule has 0 aliphatic heterocycles. The lowest BCUT2D eigenvalue weighted by Gasteiger charge is -2.18. The second-order valence-corrected chi connectivity index (χ2v) is 20.4. The Morgan fingerprint density at radius 3 is 0.766 bits per heavy atom. The van der Waals surface area contributed by atoms with Gasteiger partial charge in [0, 0.05) is 19.3 Å². The molecule has 0 rings (SSSR count). The SMILES string of the molecule is CCCCCCCCCCCCCCCCCCCCC(=O)O[C@H](COC(=O)CCCCCCCCCCCCCCC)COC(=O)CCCCCCCCCCCCCCC(C)C. The van der Waals surface area contributed by atoms with Crippen molar-refractivity contribution in [3.63, 3.8) is 0 Å². The molecular formula is C58H112O6. The molecule has 380 valence electrons. The molecule has 0 N–H and O–H groups in total. The van der Waals surface area contributed by atoms with Crippen molar-refractivity contribution in [2.24, 2.45) is 5.92 Å². The van der Waals surface area contributed by atoms with E-state index in [1.807, 2.05) is 0 Å². The van der Waals surface area contributed by atoms with Crippen LogP contribution in [0.1, 0.15) is 329 Å². The van der Waals surface area contributed by atoms with Crippen LogP contribution >= 0.6 is 0 Å². The van der Waals surface area contributed by atoms with E-state index in [0.717, 1.165) is 63.7 Å². The van der Waals surface area contributed by atoms with E-state index in [1.54, 1.807) is 0 Å². The van der Waals surface area contributed by atoms with Crippen molar-refractivity contribution in [2.45, 2.75) is 336 Å². The number of hydrogen-bond acceptors (Lipinski definition) is 6. The van der Waals surface area contributed by atoms with Crippen LogP contribution in [0.4, 0.5) is 0 Å². The Kier molecular flexibility index (Phi) is 51.1. The molecule has 0 fully saturated rings. The lowest BCUT2D eigenvalue weighted by molar-refractivity contribution is -0.167. The maximum Gasteiger partial charge on any atom is 0.306 e. The van der Waals surface area contributed by atoms with Crippen LogP contribution in [0.2, 0.25) is 0 Å². The standard InChI is InChI=1S/C58H112O6/c1-5-7-9-11-13-15-17-19-20-21-22-23-25-31-35-39-43-47-51-58(61)64-55(52-62-56(59)49-45-41-37-33-29-24-18-16-14-12-10-8-6-2)53-63-57(60)50-46-42-38-34-30-27-26-28-32-36-40-44-48-54(3)4/h54-55H,5-53H2,1-4H3/t55-/m1/s1. The molecule has 0 aromatic heterocycles. The van der Waals surface area contributed by atoms with Gasteiger partial charge in [0.15, 0.2) is 6.10 Å². The minimum absolute atomic E-state index is 0.0619. The van der Waals surface area contributed by atoms with Gasteiger partial charge < -0.3 is 14.2 Å². The van der Waals surface area contributed by atoms with Crippen LogP contribution in [-0.2, 0) is 28.6 Å². The zero-order valence-corrected chi connectivity index (χ0v) is 43.8. The molecule has 64 heavy (non-hydrogen) atoms. The van der Waals surface area contributed by atoms with Gasteiger partial charge in [-0.2, -0.15) is 0 Å². The third-order valence-electron chi connectivity index (χ3n) is 13.3. The van der Waals surface area contributed by atoms with E-state index in [1.165, 1.54) is 225 Å². The zero-order valence-electron chi connectivity index (χ0n) is 43.8. The predicted octanol–water partition coefficient (Wildman–Crippen LogP) is 19.0. The van der Waals surface area contributed by atoms with Gasteiger partial charge in [-0.15, -0.1) is 0 Å². The summed E-state index contributed by atoms with van der Waals surface area (Å²) < 4.78 is 16.9. The van der Waals surface area contributed by atoms with Gasteiger partial charge in [0.2, 0.25) is 0 Å². The second kappa shape index (κ2) is 52.4. The van der Waals surface area contributed by atoms with Gasteiger partial charge in [-0.05, 0) is 25.2 Å². The topological polar surface area (TPSA) is 78.9 Å². The number of esters is 3. The molecule has 0 saturated carbocycles. The molecule has 6 nitrogen and oxygen atoms in total. The summed E-state index contributed by atoms with van der Waals surface area (Å²) in [5.41, 5.74) is 0. The number of carbonyl (C=O) groups is 3. The van der Waals surface area contributed by atoms with Crippen molar-refractivity contribution in [1.82, 2.24) is 0 Å². The monoisotopic (exact) mass is 905 g/mol. The van der Waals surface area contributed by atoms with Gasteiger partial charge in [0.05, 0.1) is 0 Å². The molecule has 1 atom stereocenters. The summed E-state index contributed by atoms with van der Waals surface area (Å²) in [6.45, 7) is 9.06. The first-order valence-corrected chi connectivity index (χ1v) is 28.9. The van der Waals surface area contributed by atoms with Gasteiger partial charge >= 0.3 is 17.9 Å². The summed E-state index contributed by atoms with van der Waals surface area (Å²) in [4.78, 5) is 38.1. The highest BCUT2D eigenvalue weighted by molar-refractivity contribution is 5.71. The van der Waals surface area contributed by atoms with Gasteiger partial charge in [-0.25, -0.2) is 0 Å². The van der Waals surface area contributed by atoms with E-state index in [4.69, 9.17) is 14.2 Å².